The minimum atomic E-state index is -0.413. The van der Waals surface area contributed by atoms with Crippen molar-refractivity contribution in [2.75, 3.05) is 5.32 Å². The van der Waals surface area contributed by atoms with E-state index in [9.17, 15) is 4.39 Å². The Balaban J connectivity index is 2.25. The molecule has 0 unspecified atom stereocenters. The van der Waals surface area contributed by atoms with Gasteiger partial charge in [-0.3, -0.25) is 0 Å². The highest BCUT2D eigenvalue weighted by Gasteiger charge is 2.09. The summed E-state index contributed by atoms with van der Waals surface area (Å²) < 4.78 is 13.7. The molecular weight excluding hydrogens is 298 g/mol. The minimum Gasteiger partial charge on any atom is -0.381 e. The summed E-state index contributed by atoms with van der Waals surface area (Å²) in [5, 5.41) is 12.9. The van der Waals surface area contributed by atoms with Gasteiger partial charge in [0, 0.05) is 17.8 Å². The van der Waals surface area contributed by atoms with E-state index in [-0.39, 0.29) is 5.56 Å². The fourth-order valence-electron chi connectivity index (χ4n) is 1.80. The summed E-state index contributed by atoms with van der Waals surface area (Å²) in [6, 6.07) is 10.1. The lowest BCUT2D eigenvalue weighted by molar-refractivity contribution is 0.618. The highest BCUT2D eigenvalue weighted by molar-refractivity contribution is 6.42. The number of benzene rings is 2. The van der Waals surface area contributed by atoms with E-state index in [2.05, 4.69) is 5.32 Å². The van der Waals surface area contributed by atoms with Crippen LogP contribution in [-0.4, -0.2) is 0 Å². The van der Waals surface area contributed by atoms with E-state index in [0.29, 0.717) is 27.8 Å². The van der Waals surface area contributed by atoms with Crippen molar-refractivity contribution in [1.82, 2.24) is 0 Å². The van der Waals surface area contributed by atoms with Crippen molar-refractivity contribution < 1.29 is 4.39 Å². The first-order valence-electron chi connectivity index (χ1n) is 5.90. The molecule has 2 aromatic rings. The van der Waals surface area contributed by atoms with Gasteiger partial charge in [0.1, 0.15) is 5.82 Å². The van der Waals surface area contributed by atoms with Crippen LogP contribution in [-0.2, 0) is 6.54 Å². The molecule has 20 heavy (non-hydrogen) atoms. The molecule has 0 spiro atoms. The van der Waals surface area contributed by atoms with E-state index in [0.717, 1.165) is 5.56 Å². The largest absolute Gasteiger partial charge is 0.381 e. The van der Waals surface area contributed by atoms with Crippen LogP contribution in [0.25, 0.3) is 0 Å². The van der Waals surface area contributed by atoms with E-state index in [1.54, 1.807) is 25.1 Å². The van der Waals surface area contributed by atoms with E-state index >= 15 is 0 Å². The summed E-state index contributed by atoms with van der Waals surface area (Å²) >= 11 is 12.0. The summed E-state index contributed by atoms with van der Waals surface area (Å²) in [6.07, 6.45) is 0. The number of nitrogens with zero attached hydrogens (tertiary/aromatic N) is 1. The molecule has 0 aliphatic rings. The number of hydrogen-bond donors (Lipinski definition) is 1. The molecular formula is C15H11Cl2FN2. The molecule has 2 rings (SSSR count). The smallest absolute Gasteiger partial charge is 0.129 e. The summed E-state index contributed by atoms with van der Waals surface area (Å²) in [4.78, 5) is 0. The summed E-state index contributed by atoms with van der Waals surface area (Å²) in [6.45, 7) is 2.05. The molecule has 0 fully saturated rings. The van der Waals surface area contributed by atoms with Crippen LogP contribution in [0, 0.1) is 24.1 Å². The topological polar surface area (TPSA) is 35.8 Å². The molecule has 5 heteroatoms. The van der Waals surface area contributed by atoms with Gasteiger partial charge in [0.2, 0.25) is 0 Å². The van der Waals surface area contributed by atoms with Crippen LogP contribution in [0.15, 0.2) is 30.3 Å². The van der Waals surface area contributed by atoms with Crippen molar-refractivity contribution in [3.05, 3.63) is 62.9 Å². The summed E-state index contributed by atoms with van der Waals surface area (Å²) in [5.41, 5.74) is 2.11. The first-order valence-corrected chi connectivity index (χ1v) is 6.65. The number of nitrogens with one attached hydrogen (secondary N) is 1. The Labute approximate surface area is 126 Å². The molecule has 0 radical (unpaired) electrons. The second-order valence-electron chi connectivity index (χ2n) is 4.31. The fourth-order valence-corrected chi connectivity index (χ4v) is 2.19. The van der Waals surface area contributed by atoms with Crippen LogP contribution in [0.1, 0.15) is 16.7 Å². The maximum absolute atomic E-state index is 13.7. The molecule has 0 aliphatic carbocycles. The Morgan fingerprint density at radius 3 is 2.75 bits per heavy atom. The van der Waals surface area contributed by atoms with Crippen LogP contribution in [0.2, 0.25) is 10.0 Å². The molecule has 0 atom stereocenters. The van der Waals surface area contributed by atoms with Gasteiger partial charge in [0.05, 0.1) is 21.7 Å². The monoisotopic (exact) mass is 308 g/mol. The van der Waals surface area contributed by atoms with Crippen LogP contribution in [0.3, 0.4) is 0 Å². The van der Waals surface area contributed by atoms with Crippen molar-refractivity contribution in [2.24, 2.45) is 0 Å². The first-order chi connectivity index (χ1) is 9.52. The highest BCUT2D eigenvalue weighted by Crippen LogP contribution is 2.27. The first kappa shape index (κ1) is 14.6. The number of nitriles is 1. The predicted molar refractivity (Wildman–Crippen MR) is 79.6 cm³/mol. The maximum atomic E-state index is 13.7. The van der Waals surface area contributed by atoms with Gasteiger partial charge >= 0.3 is 0 Å². The van der Waals surface area contributed by atoms with Crippen LogP contribution < -0.4 is 5.32 Å². The second kappa shape index (κ2) is 6.13. The van der Waals surface area contributed by atoms with Gasteiger partial charge < -0.3 is 5.32 Å². The number of hydrogen-bond acceptors (Lipinski definition) is 2. The van der Waals surface area contributed by atoms with Crippen molar-refractivity contribution in [2.45, 2.75) is 13.5 Å². The third-order valence-corrected chi connectivity index (χ3v) is 3.83. The Bertz CT molecular complexity index is 693. The number of halogens is 3. The van der Waals surface area contributed by atoms with E-state index in [4.69, 9.17) is 28.5 Å². The fraction of sp³-hybridized carbons (Fsp3) is 0.133. The van der Waals surface area contributed by atoms with Crippen LogP contribution >= 0.6 is 23.2 Å². The van der Waals surface area contributed by atoms with Crippen LogP contribution in [0.4, 0.5) is 10.1 Å². The molecule has 0 aromatic heterocycles. The van der Waals surface area contributed by atoms with Gasteiger partial charge in [0.25, 0.3) is 0 Å². The third-order valence-electron chi connectivity index (χ3n) is 2.97. The van der Waals surface area contributed by atoms with Gasteiger partial charge in [-0.05, 0) is 30.7 Å². The van der Waals surface area contributed by atoms with E-state index in [1.807, 2.05) is 12.1 Å². The van der Waals surface area contributed by atoms with Crippen molar-refractivity contribution in [3.63, 3.8) is 0 Å². The van der Waals surface area contributed by atoms with Crippen molar-refractivity contribution in [1.29, 1.82) is 5.26 Å². The SMILES string of the molecule is Cc1c(F)cc(C#N)cc1NCc1cccc(Cl)c1Cl. The second-order valence-corrected chi connectivity index (χ2v) is 5.09. The molecule has 2 aromatic carbocycles. The average Bonchev–Trinajstić information content (AvgIpc) is 2.44. The quantitative estimate of drug-likeness (QED) is 0.873. The Morgan fingerprint density at radius 2 is 2.05 bits per heavy atom. The number of rotatable bonds is 3. The molecule has 1 N–H and O–H groups in total. The van der Waals surface area contributed by atoms with Gasteiger partial charge in [-0.25, -0.2) is 4.39 Å². The predicted octanol–water partition coefficient (Wildman–Crippen LogP) is 4.92. The summed E-state index contributed by atoms with van der Waals surface area (Å²) in [7, 11) is 0. The zero-order valence-electron chi connectivity index (χ0n) is 10.7. The van der Waals surface area contributed by atoms with E-state index in [1.165, 1.54) is 6.07 Å². The lowest BCUT2D eigenvalue weighted by Gasteiger charge is -2.12. The lowest BCUT2D eigenvalue weighted by atomic mass is 10.1. The average molecular weight is 309 g/mol. The number of anilines is 1. The molecule has 0 aliphatic heterocycles. The zero-order chi connectivity index (χ0) is 14.7. The van der Waals surface area contributed by atoms with Crippen molar-refractivity contribution >= 4 is 28.9 Å². The lowest BCUT2D eigenvalue weighted by Crippen LogP contribution is -2.03. The van der Waals surface area contributed by atoms with E-state index < -0.39 is 5.82 Å². The van der Waals surface area contributed by atoms with Crippen LogP contribution in [0.5, 0.6) is 0 Å². The van der Waals surface area contributed by atoms with Gasteiger partial charge in [-0.15, -0.1) is 0 Å². The third kappa shape index (κ3) is 3.04. The Kier molecular flexibility index (Phi) is 4.49. The summed E-state index contributed by atoms with van der Waals surface area (Å²) in [5.74, 6) is -0.413. The standard InChI is InChI=1S/C15H11Cl2FN2/c1-9-13(18)5-10(7-19)6-14(9)20-8-11-3-2-4-12(16)15(11)17/h2-6,20H,8H2,1H3. The molecule has 2 nitrogen and oxygen atoms in total. The highest BCUT2D eigenvalue weighted by atomic mass is 35.5. The normalized spacial score (nSPS) is 10.2. The minimum absolute atomic E-state index is 0.271. The Hall–Kier alpha value is -1.76. The molecule has 0 saturated carbocycles. The van der Waals surface area contributed by atoms with Gasteiger partial charge in [-0.1, -0.05) is 35.3 Å². The molecule has 0 bridgehead atoms. The molecule has 0 amide bonds. The maximum Gasteiger partial charge on any atom is 0.129 e. The molecule has 0 heterocycles. The molecule has 102 valence electrons. The van der Waals surface area contributed by atoms with Crippen molar-refractivity contribution in [3.8, 4) is 6.07 Å². The molecule has 0 saturated heterocycles. The Morgan fingerprint density at radius 1 is 1.30 bits per heavy atom. The zero-order valence-corrected chi connectivity index (χ0v) is 12.2. The van der Waals surface area contributed by atoms with Gasteiger partial charge in [0.15, 0.2) is 0 Å². The van der Waals surface area contributed by atoms with Gasteiger partial charge in [-0.2, -0.15) is 5.26 Å².